The van der Waals surface area contributed by atoms with E-state index in [0.29, 0.717) is 5.92 Å². The second-order valence-corrected chi connectivity index (χ2v) is 5.40. The molecule has 2 aromatic rings. The van der Waals surface area contributed by atoms with Crippen molar-refractivity contribution < 1.29 is 9.13 Å². The molecule has 0 saturated carbocycles. The van der Waals surface area contributed by atoms with E-state index in [9.17, 15) is 4.39 Å². The van der Waals surface area contributed by atoms with E-state index in [1.54, 1.807) is 19.2 Å². The first-order valence-corrected chi connectivity index (χ1v) is 7.01. The SMILES string of the molecule is COc1ccc(CCc2cc(F)cc(C(C)C)c2)cc1. The molecule has 0 radical (unpaired) electrons. The van der Waals surface area contributed by atoms with Crippen LogP contribution >= 0.6 is 0 Å². The summed E-state index contributed by atoms with van der Waals surface area (Å²) in [5.41, 5.74) is 3.36. The molecule has 1 nitrogen and oxygen atoms in total. The molecule has 0 spiro atoms. The van der Waals surface area contributed by atoms with Gasteiger partial charge in [-0.15, -0.1) is 0 Å². The summed E-state index contributed by atoms with van der Waals surface area (Å²) in [5.74, 6) is 1.08. The Labute approximate surface area is 120 Å². The largest absolute Gasteiger partial charge is 0.497 e. The van der Waals surface area contributed by atoms with Crippen LogP contribution in [0.4, 0.5) is 4.39 Å². The van der Waals surface area contributed by atoms with Gasteiger partial charge in [-0.3, -0.25) is 0 Å². The summed E-state index contributed by atoms with van der Waals surface area (Å²) in [6.07, 6.45) is 1.76. The molecule has 2 heteroatoms. The summed E-state index contributed by atoms with van der Waals surface area (Å²) in [7, 11) is 1.66. The van der Waals surface area contributed by atoms with Gasteiger partial charge < -0.3 is 4.74 Å². The van der Waals surface area contributed by atoms with E-state index in [2.05, 4.69) is 32.0 Å². The summed E-state index contributed by atoms with van der Waals surface area (Å²) in [6, 6.07) is 13.4. The van der Waals surface area contributed by atoms with E-state index in [0.717, 1.165) is 29.7 Å². The van der Waals surface area contributed by atoms with Crippen LogP contribution in [0.2, 0.25) is 0 Å². The number of hydrogen-bond acceptors (Lipinski definition) is 1. The lowest BCUT2D eigenvalue weighted by Gasteiger charge is -2.09. The smallest absolute Gasteiger partial charge is 0.123 e. The third-order valence-corrected chi connectivity index (χ3v) is 3.51. The molecular formula is C18H21FO. The maximum Gasteiger partial charge on any atom is 0.123 e. The molecule has 0 bridgehead atoms. The second kappa shape index (κ2) is 6.56. The lowest BCUT2D eigenvalue weighted by molar-refractivity contribution is 0.414. The number of halogens is 1. The highest BCUT2D eigenvalue weighted by Gasteiger charge is 2.05. The van der Waals surface area contributed by atoms with Crippen LogP contribution in [0.1, 0.15) is 36.5 Å². The minimum Gasteiger partial charge on any atom is -0.497 e. The summed E-state index contributed by atoms with van der Waals surface area (Å²) < 4.78 is 18.7. The van der Waals surface area contributed by atoms with Gasteiger partial charge in [0, 0.05) is 0 Å². The zero-order chi connectivity index (χ0) is 14.5. The first-order chi connectivity index (χ1) is 9.58. The van der Waals surface area contributed by atoms with Crippen LogP contribution in [-0.4, -0.2) is 7.11 Å². The molecule has 2 aromatic carbocycles. The topological polar surface area (TPSA) is 9.23 Å². The van der Waals surface area contributed by atoms with Crippen LogP contribution in [0.3, 0.4) is 0 Å². The maximum absolute atomic E-state index is 13.6. The van der Waals surface area contributed by atoms with Crippen molar-refractivity contribution in [2.75, 3.05) is 7.11 Å². The average molecular weight is 272 g/mol. The Morgan fingerprint density at radius 2 is 1.60 bits per heavy atom. The Balaban J connectivity index is 2.06. The third kappa shape index (κ3) is 3.83. The summed E-state index contributed by atoms with van der Waals surface area (Å²) >= 11 is 0. The van der Waals surface area contributed by atoms with E-state index in [4.69, 9.17) is 4.74 Å². The molecule has 20 heavy (non-hydrogen) atoms. The van der Waals surface area contributed by atoms with Crippen molar-refractivity contribution in [3.63, 3.8) is 0 Å². The zero-order valence-corrected chi connectivity index (χ0v) is 12.3. The van der Waals surface area contributed by atoms with Gasteiger partial charge in [-0.1, -0.05) is 32.0 Å². The predicted molar refractivity (Wildman–Crippen MR) is 80.9 cm³/mol. The summed E-state index contributed by atoms with van der Waals surface area (Å²) in [4.78, 5) is 0. The molecule has 0 atom stereocenters. The number of benzene rings is 2. The van der Waals surface area contributed by atoms with Crippen LogP contribution in [0.15, 0.2) is 42.5 Å². The molecular weight excluding hydrogens is 251 g/mol. The average Bonchev–Trinajstić information content (AvgIpc) is 2.45. The van der Waals surface area contributed by atoms with Gasteiger partial charge in [0.15, 0.2) is 0 Å². The van der Waals surface area contributed by atoms with Crippen LogP contribution in [0, 0.1) is 5.82 Å². The van der Waals surface area contributed by atoms with Gasteiger partial charge in [-0.25, -0.2) is 4.39 Å². The van der Waals surface area contributed by atoms with Gasteiger partial charge in [0.25, 0.3) is 0 Å². The summed E-state index contributed by atoms with van der Waals surface area (Å²) in [6.45, 7) is 4.17. The number of aryl methyl sites for hydroxylation is 2. The minimum absolute atomic E-state index is 0.138. The molecule has 0 aliphatic carbocycles. The van der Waals surface area contributed by atoms with Crippen LogP contribution in [0.5, 0.6) is 5.75 Å². The van der Waals surface area contributed by atoms with Crippen LogP contribution in [-0.2, 0) is 12.8 Å². The molecule has 0 unspecified atom stereocenters. The molecule has 2 rings (SSSR count). The highest BCUT2D eigenvalue weighted by atomic mass is 19.1. The maximum atomic E-state index is 13.6. The van der Waals surface area contributed by atoms with Crippen molar-refractivity contribution in [3.05, 3.63) is 65.0 Å². The van der Waals surface area contributed by atoms with Crippen molar-refractivity contribution in [2.24, 2.45) is 0 Å². The molecule has 0 aliphatic rings. The highest BCUT2D eigenvalue weighted by molar-refractivity contribution is 5.30. The predicted octanol–water partition coefficient (Wildman–Crippen LogP) is 4.74. The Kier molecular flexibility index (Phi) is 4.78. The van der Waals surface area contributed by atoms with E-state index in [-0.39, 0.29) is 5.82 Å². The minimum atomic E-state index is -0.138. The lowest BCUT2D eigenvalue weighted by Crippen LogP contribution is -1.96. The van der Waals surface area contributed by atoms with Crippen molar-refractivity contribution in [1.29, 1.82) is 0 Å². The van der Waals surface area contributed by atoms with Crippen molar-refractivity contribution in [2.45, 2.75) is 32.6 Å². The quantitative estimate of drug-likeness (QED) is 0.763. The Hall–Kier alpha value is -1.83. The monoisotopic (exact) mass is 272 g/mol. The van der Waals surface area contributed by atoms with Gasteiger partial charge >= 0.3 is 0 Å². The molecule has 0 saturated heterocycles. The first-order valence-electron chi connectivity index (χ1n) is 7.01. The number of rotatable bonds is 5. The van der Waals surface area contributed by atoms with Gasteiger partial charge in [0.2, 0.25) is 0 Å². The highest BCUT2D eigenvalue weighted by Crippen LogP contribution is 2.19. The van der Waals surface area contributed by atoms with Crippen molar-refractivity contribution in [1.82, 2.24) is 0 Å². The van der Waals surface area contributed by atoms with E-state index in [1.807, 2.05) is 12.1 Å². The fourth-order valence-corrected chi connectivity index (χ4v) is 2.23. The van der Waals surface area contributed by atoms with Gasteiger partial charge in [-0.05, 0) is 59.7 Å². The lowest BCUT2D eigenvalue weighted by atomic mass is 9.97. The first kappa shape index (κ1) is 14.6. The molecule has 0 N–H and O–H groups in total. The number of hydrogen-bond donors (Lipinski definition) is 0. The van der Waals surface area contributed by atoms with Gasteiger partial charge in [0.05, 0.1) is 7.11 Å². The fourth-order valence-electron chi connectivity index (χ4n) is 2.23. The Morgan fingerprint density at radius 1 is 0.950 bits per heavy atom. The number of methoxy groups -OCH3 is 1. The van der Waals surface area contributed by atoms with Gasteiger partial charge in [0.1, 0.15) is 11.6 Å². The second-order valence-electron chi connectivity index (χ2n) is 5.40. The molecule has 0 amide bonds. The van der Waals surface area contributed by atoms with Crippen molar-refractivity contribution in [3.8, 4) is 5.75 Å². The normalized spacial score (nSPS) is 10.8. The Bertz CT molecular complexity index is 558. The molecule has 106 valence electrons. The van der Waals surface area contributed by atoms with Crippen LogP contribution in [0.25, 0.3) is 0 Å². The van der Waals surface area contributed by atoms with E-state index >= 15 is 0 Å². The van der Waals surface area contributed by atoms with Crippen LogP contribution < -0.4 is 4.74 Å². The Morgan fingerprint density at radius 3 is 2.20 bits per heavy atom. The van der Waals surface area contributed by atoms with Gasteiger partial charge in [-0.2, -0.15) is 0 Å². The van der Waals surface area contributed by atoms with E-state index in [1.165, 1.54) is 5.56 Å². The van der Waals surface area contributed by atoms with Crippen molar-refractivity contribution >= 4 is 0 Å². The fraction of sp³-hybridized carbons (Fsp3) is 0.333. The molecule has 0 aliphatic heterocycles. The molecule has 0 aromatic heterocycles. The number of ether oxygens (including phenoxy) is 1. The standard InChI is InChI=1S/C18H21FO/c1-13(2)16-10-15(11-17(19)12-16)5-4-14-6-8-18(20-3)9-7-14/h6-13H,4-5H2,1-3H3. The third-order valence-electron chi connectivity index (χ3n) is 3.51. The summed E-state index contributed by atoms with van der Waals surface area (Å²) in [5, 5.41) is 0. The zero-order valence-electron chi connectivity index (χ0n) is 12.3. The molecule has 0 fully saturated rings. The molecule has 0 heterocycles. The van der Waals surface area contributed by atoms with E-state index < -0.39 is 0 Å².